The van der Waals surface area contributed by atoms with Crippen molar-refractivity contribution in [1.82, 2.24) is 4.57 Å². The van der Waals surface area contributed by atoms with E-state index in [-0.39, 0.29) is 12.2 Å². The van der Waals surface area contributed by atoms with Crippen LogP contribution in [0.2, 0.25) is 0 Å². The number of benzene rings is 2. The molecule has 0 radical (unpaired) electrons. The molecule has 1 unspecified atom stereocenters. The fraction of sp³-hybridized carbons (Fsp3) is 0.207. The summed E-state index contributed by atoms with van der Waals surface area (Å²) in [5.41, 5.74) is 2.14. The quantitative estimate of drug-likeness (QED) is 0.214. The lowest BCUT2D eigenvalue weighted by Crippen LogP contribution is -2.39. The average Bonchev–Trinajstić information content (AvgIpc) is 3.24. The Bertz CT molecular complexity index is 1580. The summed E-state index contributed by atoms with van der Waals surface area (Å²) >= 11 is 2.88. The van der Waals surface area contributed by atoms with Gasteiger partial charge in [0.2, 0.25) is 0 Å². The van der Waals surface area contributed by atoms with Gasteiger partial charge in [-0.15, -0.1) is 11.8 Å². The largest absolute Gasteiger partial charge is 0.493 e. The Labute approximate surface area is 229 Å². The van der Waals surface area contributed by atoms with Crippen molar-refractivity contribution >= 4 is 35.1 Å². The third kappa shape index (κ3) is 5.54. The van der Waals surface area contributed by atoms with Crippen molar-refractivity contribution in [2.75, 3.05) is 26.6 Å². The van der Waals surface area contributed by atoms with E-state index in [1.807, 2.05) is 36.6 Å². The first-order valence-corrected chi connectivity index (χ1v) is 13.8. The Kier molecular flexibility index (Phi) is 8.70. The highest BCUT2D eigenvalue weighted by molar-refractivity contribution is 7.98. The van der Waals surface area contributed by atoms with Gasteiger partial charge in [-0.1, -0.05) is 54.8 Å². The number of ether oxygens (including phenoxy) is 3. The molecule has 1 atom stereocenters. The summed E-state index contributed by atoms with van der Waals surface area (Å²) in [6.07, 6.45) is 6.94. The van der Waals surface area contributed by atoms with Crippen molar-refractivity contribution in [3.63, 3.8) is 0 Å². The van der Waals surface area contributed by atoms with Gasteiger partial charge in [0.05, 0.1) is 29.0 Å². The molecule has 0 spiro atoms. The molecule has 9 heteroatoms. The van der Waals surface area contributed by atoms with Gasteiger partial charge in [0, 0.05) is 4.90 Å². The molecule has 196 valence electrons. The molecule has 38 heavy (non-hydrogen) atoms. The molecule has 2 heterocycles. The van der Waals surface area contributed by atoms with Gasteiger partial charge in [0.25, 0.3) is 5.56 Å². The van der Waals surface area contributed by atoms with Gasteiger partial charge in [0.15, 0.2) is 16.3 Å². The predicted octanol–water partition coefficient (Wildman–Crippen LogP) is 4.26. The number of thiazole rings is 1. The van der Waals surface area contributed by atoms with E-state index < -0.39 is 12.0 Å². The molecule has 2 aromatic carbocycles. The standard InChI is InChI=1S/C29H28N2O5S2/c1-6-14-35-22-13-8-19(16-23(22)34-4)17-24-27(32)31-26(20-9-11-21(37-5)12-10-20)25(28(33)36-15-7-2)18(3)30-29(31)38-24/h6-13,16-17,26H,1-2,14-15H2,3-5H3. The maximum Gasteiger partial charge on any atom is 0.338 e. The van der Waals surface area contributed by atoms with E-state index in [2.05, 4.69) is 18.2 Å². The molecule has 0 saturated carbocycles. The van der Waals surface area contributed by atoms with E-state index >= 15 is 0 Å². The van der Waals surface area contributed by atoms with Crippen LogP contribution in [0.15, 0.2) is 93.7 Å². The van der Waals surface area contributed by atoms with Crippen LogP contribution in [0.25, 0.3) is 6.08 Å². The summed E-state index contributed by atoms with van der Waals surface area (Å²) in [5, 5.41) is 0. The maximum atomic E-state index is 13.8. The molecule has 0 saturated heterocycles. The van der Waals surface area contributed by atoms with E-state index in [1.165, 1.54) is 17.4 Å². The molecule has 0 fully saturated rings. The number of nitrogens with zero attached hydrogens (tertiary/aromatic N) is 2. The lowest BCUT2D eigenvalue weighted by Gasteiger charge is -2.24. The summed E-state index contributed by atoms with van der Waals surface area (Å²) in [4.78, 5) is 33.1. The first-order valence-electron chi connectivity index (χ1n) is 11.8. The Balaban J connectivity index is 1.86. The SMILES string of the molecule is C=CCOC(=O)C1=C(C)N=c2sc(=Cc3ccc(OCC=C)c(OC)c3)c(=O)n2C1c1ccc(SC)cc1. The summed E-state index contributed by atoms with van der Waals surface area (Å²) in [6.45, 7) is 9.46. The summed E-state index contributed by atoms with van der Waals surface area (Å²) in [7, 11) is 1.56. The van der Waals surface area contributed by atoms with Gasteiger partial charge in [-0.2, -0.15) is 0 Å². The van der Waals surface area contributed by atoms with Crippen LogP contribution in [0.3, 0.4) is 0 Å². The first-order chi connectivity index (χ1) is 18.4. The molecule has 1 aliphatic rings. The number of hydrogen-bond donors (Lipinski definition) is 0. The highest BCUT2D eigenvalue weighted by atomic mass is 32.2. The van der Waals surface area contributed by atoms with E-state index in [9.17, 15) is 9.59 Å². The van der Waals surface area contributed by atoms with Gasteiger partial charge >= 0.3 is 5.97 Å². The number of thioether (sulfide) groups is 1. The number of carbonyl (C=O) groups is 1. The molecule has 0 bridgehead atoms. The lowest BCUT2D eigenvalue weighted by atomic mass is 9.96. The number of hydrogen-bond acceptors (Lipinski definition) is 8. The monoisotopic (exact) mass is 548 g/mol. The van der Waals surface area contributed by atoms with E-state index in [0.717, 1.165) is 16.0 Å². The van der Waals surface area contributed by atoms with Crippen molar-refractivity contribution < 1.29 is 19.0 Å². The van der Waals surface area contributed by atoms with Crippen molar-refractivity contribution in [1.29, 1.82) is 0 Å². The molecule has 1 aromatic heterocycles. The molecule has 0 N–H and O–H groups in total. The molecule has 7 nitrogen and oxygen atoms in total. The third-order valence-electron chi connectivity index (χ3n) is 5.85. The lowest BCUT2D eigenvalue weighted by molar-refractivity contribution is -0.138. The number of fused-ring (bicyclic) bond motifs is 1. The highest BCUT2D eigenvalue weighted by Crippen LogP contribution is 2.32. The van der Waals surface area contributed by atoms with Crippen LogP contribution in [0.1, 0.15) is 24.1 Å². The molecule has 1 aliphatic heterocycles. The highest BCUT2D eigenvalue weighted by Gasteiger charge is 2.33. The Morgan fingerprint density at radius 2 is 1.87 bits per heavy atom. The van der Waals surface area contributed by atoms with Gasteiger partial charge in [0.1, 0.15) is 13.2 Å². The fourth-order valence-electron chi connectivity index (χ4n) is 4.09. The van der Waals surface area contributed by atoms with Gasteiger partial charge in [-0.05, 0) is 54.6 Å². The number of esters is 1. The topological polar surface area (TPSA) is 79.1 Å². The van der Waals surface area contributed by atoms with Gasteiger partial charge in [-0.3, -0.25) is 9.36 Å². The average molecular weight is 549 g/mol. The second-order valence-corrected chi connectivity index (χ2v) is 10.1. The fourth-order valence-corrected chi connectivity index (χ4v) is 5.54. The Morgan fingerprint density at radius 1 is 1.13 bits per heavy atom. The van der Waals surface area contributed by atoms with Crippen LogP contribution in [0.4, 0.5) is 0 Å². The van der Waals surface area contributed by atoms with Crippen molar-refractivity contribution in [3.8, 4) is 11.5 Å². The predicted molar refractivity (Wildman–Crippen MR) is 152 cm³/mol. The second-order valence-electron chi connectivity index (χ2n) is 8.25. The zero-order chi connectivity index (χ0) is 27.2. The minimum absolute atomic E-state index is 0.0620. The number of rotatable bonds is 10. The third-order valence-corrected chi connectivity index (χ3v) is 7.57. The van der Waals surface area contributed by atoms with Crippen LogP contribution in [-0.4, -0.2) is 37.1 Å². The van der Waals surface area contributed by atoms with Crippen molar-refractivity contribution in [2.24, 2.45) is 4.99 Å². The Hall–Kier alpha value is -3.82. The van der Waals surface area contributed by atoms with E-state index in [1.54, 1.807) is 54.6 Å². The molecular weight excluding hydrogens is 520 g/mol. The smallest absolute Gasteiger partial charge is 0.338 e. The van der Waals surface area contributed by atoms with Gasteiger partial charge < -0.3 is 14.2 Å². The van der Waals surface area contributed by atoms with Crippen LogP contribution in [0, 0.1) is 0 Å². The van der Waals surface area contributed by atoms with E-state index in [4.69, 9.17) is 14.2 Å². The van der Waals surface area contributed by atoms with Gasteiger partial charge in [-0.25, -0.2) is 9.79 Å². The number of allylic oxidation sites excluding steroid dienone is 1. The summed E-state index contributed by atoms with van der Waals surface area (Å²) in [6, 6.07) is 12.6. The second kappa shape index (κ2) is 12.1. The molecule has 4 rings (SSSR count). The van der Waals surface area contributed by atoms with E-state index in [0.29, 0.717) is 38.7 Å². The first kappa shape index (κ1) is 27.2. The van der Waals surface area contributed by atoms with Crippen molar-refractivity contribution in [2.45, 2.75) is 17.9 Å². The zero-order valence-electron chi connectivity index (χ0n) is 21.4. The van der Waals surface area contributed by atoms with Crippen LogP contribution in [-0.2, 0) is 9.53 Å². The number of methoxy groups -OCH3 is 1. The maximum absolute atomic E-state index is 13.8. The molecule has 0 aliphatic carbocycles. The molecule has 0 amide bonds. The van der Waals surface area contributed by atoms with Crippen LogP contribution < -0.4 is 24.4 Å². The number of carbonyl (C=O) groups excluding carboxylic acids is 1. The summed E-state index contributed by atoms with van der Waals surface area (Å²) in [5.74, 6) is 0.598. The van der Waals surface area contributed by atoms with Crippen LogP contribution in [0.5, 0.6) is 11.5 Å². The minimum Gasteiger partial charge on any atom is -0.493 e. The summed E-state index contributed by atoms with van der Waals surface area (Å²) < 4.78 is 18.5. The Morgan fingerprint density at radius 3 is 2.53 bits per heavy atom. The zero-order valence-corrected chi connectivity index (χ0v) is 23.1. The molecule has 3 aromatic rings. The normalized spacial score (nSPS) is 14.9. The minimum atomic E-state index is -0.675. The van der Waals surface area contributed by atoms with Crippen molar-refractivity contribution in [3.05, 3.63) is 110 Å². The number of aromatic nitrogens is 1. The van der Waals surface area contributed by atoms with Crippen LogP contribution >= 0.6 is 23.1 Å². The molecular formula is C29H28N2O5S2.